The molecule has 38 nitrogen and oxygen atoms in total. The molecule has 0 saturated carbocycles. The van der Waals surface area contributed by atoms with Gasteiger partial charge in [-0.15, -0.1) is 0 Å². The van der Waals surface area contributed by atoms with Gasteiger partial charge in [0.1, 0.15) is 67.5 Å². The van der Waals surface area contributed by atoms with Gasteiger partial charge in [0.05, 0.1) is 39.1 Å². The van der Waals surface area contributed by atoms with Crippen LogP contribution in [0.4, 0.5) is 25.1 Å². The topological polar surface area (TPSA) is 491 Å². The summed E-state index contributed by atoms with van der Waals surface area (Å²) in [6.07, 6.45) is 24.0. The monoisotopic (exact) mass is 1970 g/mol. The Hall–Kier alpha value is -7.37. The number of benzene rings is 1. The van der Waals surface area contributed by atoms with E-state index in [2.05, 4.69) is 77.6 Å². The summed E-state index contributed by atoms with van der Waals surface area (Å²) < 4.78 is 122. The summed E-state index contributed by atoms with van der Waals surface area (Å²) in [5.41, 5.74) is -0.239. The molecule has 8 rings (SSSR count). The Kier molecular flexibility index (Phi) is 48.7. The molecule has 746 valence electrons. The number of unbranched alkanes of at least 4 members (excludes halogenated alkanes) is 28. The number of phosphoric acid groups is 1. The number of fused-ring (bicyclic) bond motifs is 5. The second kappa shape index (κ2) is 58.4. The molecule has 5 aromatic rings. The van der Waals surface area contributed by atoms with Crippen molar-refractivity contribution >= 4 is 127 Å². The Bertz CT molecular complexity index is 4680. The molecule has 9 N–H and O–H groups in total. The van der Waals surface area contributed by atoms with E-state index in [1.54, 1.807) is 38.1 Å². The van der Waals surface area contributed by atoms with Crippen LogP contribution in [0.1, 0.15) is 290 Å². The van der Waals surface area contributed by atoms with Crippen molar-refractivity contribution in [1.82, 2.24) is 54.9 Å². The number of nitrogens with one attached hydrogen (secondary N) is 6. The van der Waals surface area contributed by atoms with Gasteiger partial charge in [0.15, 0.2) is 53.2 Å². The molecule has 133 heavy (non-hydrogen) atoms. The molecule has 1 aromatic carbocycles. The zero-order valence-electron chi connectivity index (χ0n) is 77.3. The number of aliphatic hydroxyl groups excluding tert-OH is 1. The number of aromatic nitrogens is 7. The first kappa shape index (κ1) is 111. The Morgan fingerprint density at radius 2 is 1.23 bits per heavy atom. The van der Waals surface area contributed by atoms with E-state index in [-0.39, 0.29) is 93.9 Å². The average molecular weight is 1970 g/mol. The number of thiol groups is 1. The second-order valence-corrected chi connectivity index (χ2v) is 41.5. The molecule has 45 heteroatoms. The highest BCUT2D eigenvalue weighted by molar-refractivity contribution is 8.44. The molecule has 0 radical (unpaired) electrons. The van der Waals surface area contributed by atoms with Gasteiger partial charge in [0.25, 0.3) is 5.56 Å². The van der Waals surface area contributed by atoms with Gasteiger partial charge < -0.3 is 84.1 Å². The predicted octanol–water partition coefficient (Wildman–Crippen LogP) is 15.2. The lowest BCUT2D eigenvalue weighted by Crippen LogP contribution is -2.53. The van der Waals surface area contributed by atoms with Crippen LogP contribution in [0.5, 0.6) is 0 Å². The minimum Gasteiger partial charge on any atom is -0.462 e. The van der Waals surface area contributed by atoms with Crippen LogP contribution in [0.3, 0.4) is 0 Å². The van der Waals surface area contributed by atoms with Crippen LogP contribution in [0.15, 0.2) is 54.2 Å². The van der Waals surface area contributed by atoms with Gasteiger partial charge in [-0.2, -0.15) is 0 Å². The average Bonchev–Trinajstić information content (AvgIpc) is 1.61. The number of H-pyrrole nitrogens is 1. The normalized spacial score (nSPS) is 21.5. The smallest absolute Gasteiger partial charge is 0.462 e. The summed E-state index contributed by atoms with van der Waals surface area (Å²) in [6.45, 7) is -3.08. The van der Waals surface area contributed by atoms with Gasteiger partial charge in [-0.25, -0.2) is 42.6 Å². The van der Waals surface area contributed by atoms with Crippen LogP contribution in [-0.2, 0) is 112 Å². The first-order chi connectivity index (χ1) is 63.8. The summed E-state index contributed by atoms with van der Waals surface area (Å²) in [6, 6.07) is 4.19. The van der Waals surface area contributed by atoms with Gasteiger partial charge in [0, 0.05) is 64.1 Å². The number of phosphoric ester groups is 1. The number of rotatable bonds is 61. The number of alkyl halides is 1. The van der Waals surface area contributed by atoms with Gasteiger partial charge >= 0.3 is 39.4 Å². The third-order valence-corrected chi connectivity index (χ3v) is 27.2. The molecular weight excluding hydrogens is 1830 g/mol. The number of ether oxygens (including phenoxy) is 5. The number of nitrogens with zero attached hydrogens (tertiary/aromatic N) is 7. The van der Waals surface area contributed by atoms with Crippen molar-refractivity contribution in [1.29, 1.82) is 0 Å². The first-order valence-electron chi connectivity index (χ1n) is 47.0. The molecule has 3 fully saturated rings. The van der Waals surface area contributed by atoms with Crippen LogP contribution in [0.25, 0.3) is 22.2 Å². The zero-order valence-corrected chi connectivity index (χ0v) is 81.7. The second-order valence-electron chi connectivity index (χ2n) is 34.4. The highest BCUT2D eigenvalue weighted by Gasteiger charge is 2.54. The van der Waals surface area contributed by atoms with Crippen LogP contribution in [0.2, 0.25) is 0 Å². The third-order valence-electron chi connectivity index (χ3n) is 23.0. The molecule has 0 spiro atoms. The maximum Gasteiger partial charge on any atom is 0.472 e. The fourth-order valence-corrected chi connectivity index (χ4v) is 19.2. The fourth-order valence-electron chi connectivity index (χ4n) is 15.5. The molecule has 4 aromatic heterocycles. The number of carbonyl (C=O) groups excluding carboxylic acids is 8. The van der Waals surface area contributed by atoms with E-state index in [1.165, 1.54) is 154 Å². The minimum atomic E-state index is -4.77. The lowest BCUT2D eigenvalue weighted by molar-refractivity contribution is -0.161. The Morgan fingerprint density at radius 1 is 0.654 bits per heavy atom. The van der Waals surface area contributed by atoms with Gasteiger partial charge in [-0.3, -0.25) is 65.5 Å². The fraction of sp³-hybridized carbons (Fsp3) is 0.716. The van der Waals surface area contributed by atoms with Crippen molar-refractivity contribution in [2.75, 3.05) is 63.8 Å². The minimum absolute atomic E-state index is 0.0142. The molecule has 2 bridgehead atoms. The quantitative estimate of drug-likeness (QED) is 0.00568. The summed E-state index contributed by atoms with van der Waals surface area (Å²) in [7, 11) is -3.30. The molecule has 3 saturated heterocycles. The summed E-state index contributed by atoms with van der Waals surface area (Å²) in [5.74, 6) is -5.36. The highest BCUT2D eigenvalue weighted by atomic mass is 32.7. The summed E-state index contributed by atoms with van der Waals surface area (Å²) >= 11 is 9.36. The maximum atomic E-state index is 16.8. The van der Waals surface area contributed by atoms with E-state index in [0.717, 1.165) is 79.3 Å². The van der Waals surface area contributed by atoms with Crippen molar-refractivity contribution in [2.45, 2.75) is 346 Å². The van der Waals surface area contributed by atoms with E-state index in [4.69, 9.17) is 62.6 Å². The first-order valence-corrected chi connectivity index (χ1v) is 53.8. The third kappa shape index (κ3) is 38.9. The molecule has 3 aliphatic rings. The highest BCUT2D eigenvalue weighted by Crippen LogP contribution is 2.59. The van der Waals surface area contributed by atoms with Gasteiger partial charge in [0.2, 0.25) is 29.5 Å². The Balaban J connectivity index is 0.687. The number of imidazole rings is 1. The molecule has 0 aliphatic carbocycles. The van der Waals surface area contributed by atoms with Crippen molar-refractivity contribution in [2.24, 2.45) is 5.92 Å². The van der Waals surface area contributed by atoms with Crippen LogP contribution < -0.4 is 32.1 Å². The number of aliphatic hydroxyl groups is 1. The van der Waals surface area contributed by atoms with Crippen molar-refractivity contribution in [3.63, 3.8) is 0 Å². The number of hydrogen-bond acceptors (Lipinski definition) is 28. The lowest BCUT2D eigenvalue weighted by atomic mass is 10.0. The Labute approximate surface area is 786 Å². The largest absolute Gasteiger partial charge is 0.472 e. The van der Waals surface area contributed by atoms with E-state index in [1.807, 2.05) is 0 Å². The van der Waals surface area contributed by atoms with Gasteiger partial charge in [-0.05, 0) is 68.0 Å². The number of amides is 6. The molecule has 7 heterocycles. The molecular formula is C88H138F2N13O25P3S2. The molecule has 3 aliphatic heterocycles. The molecule has 3 unspecified atom stereocenters. The van der Waals surface area contributed by atoms with E-state index in [9.17, 15) is 67.2 Å². The van der Waals surface area contributed by atoms with Crippen molar-refractivity contribution in [3.05, 3.63) is 71.2 Å². The van der Waals surface area contributed by atoms with Crippen LogP contribution in [-0.4, -0.2) is 209 Å². The summed E-state index contributed by atoms with van der Waals surface area (Å²) in [4.78, 5) is 160. The SMILES string of the molecule is CCCCCCCCCCCCCCCCCC(=O)OC[C@H](COP(=O)(O)OCCNC(=O)CCCC(=O)N[C@H](C(=O)N[C@@H](C)C(=O)Nc1ccc(COC(=O)N(C)CCCC(=O)Nc2ncnc3c2ncn3[C@@H]2O[C@@H]3COP(O)(=S)O[C@@H]4[C@H](O)[C@@H](COP(=O)(S)O[C@H]3[C@H]2F)O[C@H]4n2cc(F)c3c(=O)[nH]cnc32)cc1)C(C)C)OC(=O)CCCCCCCCCCCCCCCCC. The zero-order chi connectivity index (χ0) is 96.3. The number of anilines is 2. The number of halogens is 2. The molecule has 14 atom stereocenters. The maximum absolute atomic E-state index is 16.8. The van der Waals surface area contributed by atoms with Gasteiger partial charge in [-0.1, -0.05) is 232 Å². The van der Waals surface area contributed by atoms with E-state index < -0.39 is 185 Å². The van der Waals surface area contributed by atoms with E-state index in [0.29, 0.717) is 24.1 Å². The number of carbonyl (C=O) groups is 8. The predicted molar refractivity (Wildman–Crippen MR) is 498 cm³/mol. The standard InChI is InChI=1S/C88H138F2N13O25P3S2/c1-7-9-11-13-15-17-19-21-23-25-27-29-31-33-35-42-71(107)118-53-64(124-72(108)43-36-34-32-30-28-26-24-22-20-18-16-14-12-10-8-2)54-121-129(114,115)120-50-48-91-68(104)39-37-40-69(105)99-75(60(3)4)85(112)97-61(5)83(110)98-63-46-44-62(45-47-63)52-119-88(113)101(6)49-38-41-70(106)100-80-76-82(94-57-92-80)103(59-96-76)86-74(90)78-67(126-86)56-123-131(117,133)128-79-77(109)66(55-122-130(116,132)127-78)125-87(79)102-51-65(89)73-81(102)93-58-95-84(73)111/h44-47,51,57-61,64,66-67,74-75,77-79,86-87,109H,7-43,48-50,52-56H2,1-6H3,(H,91,104)(H,97,112)(H,98,110)(H,99,105)(H,114,115)(H,116,132)(H,117,133)(H,93,95,111)(H,92,94,100,106)/t61-,64+,66+,67+,74+,75-,77+,78+,79+,86+,87+,130?,131?/m0/s1. The van der Waals surface area contributed by atoms with E-state index >= 15 is 8.78 Å². The summed E-state index contributed by atoms with van der Waals surface area (Å²) in [5, 5.41) is 24.1. The van der Waals surface area contributed by atoms with Crippen molar-refractivity contribution in [3.8, 4) is 0 Å². The van der Waals surface area contributed by atoms with Crippen LogP contribution in [0, 0.1) is 11.7 Å². The Morgan fingerprint density at radius 3 is 1.83 bits per heavy atom. The lowest BCUT2D eigenvalue weighted by Gasteiger charge is -2.27. The number of hydrogen-bond donors (Lipinski definition) is 10. The molecule has 6 amide bonds. The van der Waals surface area contributed by atoms with Crippen LogP contribution >= 0.6 is 33.6 Å². The number of aromatic amines is 1. The number of esters is 2. The van der Waals surface area contributed by atoms with Crippen molar-refractivity contribution < 1.29 is 122 Å².